The minimum Gasteiger partial charge on any atom is -0.480 e. The van der Waals surface area contributed by atoms with Crippen LogP contribution in [0.25, 0.3) is 11.1 Å². The van der Waals surface area contributed by atoms with Crippen molar-refractivity contribution in [3.63, 3.8) is 0 Å². The van der Waals surface area contributed by atoms with Gasteiger partial charge in [-0.2, -0.15) is 0 Å². The molecule has 1 atom stereocenters. The second-order valence-corrected chi connectivity index (χ2v) is 7.44. The van der Waals surface area contributed by atoms with Gasteiger partial charge in [-0.1, -0.05) is 6.07 Å². The average Bonchev–Trinajstić information content (AvgIpc) is 2.72. The summed E-state index contributed by atoms with van der Waals surface area (Å²) < 4.78 is 37.1. The molecule has 0 aromatic heterocycles. The third-order valence-electron chi connectivity index (χ3n) is 4.12. The summed E-state index contributed by atoms with van der Waals surface area (Å²) >= 11 is 0.647. The van der Waals surface area contributed by atoms with Gasteiger partial charge in [0.2, 0.25) is 5.91 Å². The number of thioether (sulfide) groups is 1. The standard InChI is InChI=1S/C21H19F2NO7S/c1-11(25)24-17(19(26)27)7-8-32-21(29)31-18-6-3-12(9-15(18)20(28)30-2)14-5-4-13(22)10-16(14)23/h3-6,9-10,17H,7-8H2,1-2H3,(H,24,25)(H,26,27)/t17-/m1/s1. The van der Waals surface area contributed by atoms with E-state index in [-0.39, 0.29) is 34.6 Å². The van der Waals surface area contributed by atoms with E-state index in [4.69, 9.17) is 9.84 Å². The summed E-state index contributed by atoms with van der Waals surface area (Å²) in [5.41, 5.74) is 0.0979. The van der Waals surface area contributed by atoms with E-state index in [1.165, 1.54) is 31.2 Å². The number of halogens is 2. The lowest BCUT2D eigenvalue weighted by Crippen LogP contribution is -2.40. The minimum absolute atomic E-state index is 0.0164. The number of carboxylic acid groups (broad SMARTS) is 1. The molecule has 0 spiro atoms. The quantitative estimate of drug-likeness (QED) is 0.565. The van der Waals surface area contributed by atoms with E-state index in [1.54, 1.807) is 0 Å². The number of rotatable bonds is 8. The van der Waals surface area contributed by atoms with E-state index in [1.807, 2.05) is 0 Å². The maximum Gasteiger partial charge on any atom is 0.372 e. The first-order valence-corrected chi connectivity index (χ1v) is 10.1. The number of hydrogen-bond acceptors (Lipinski definition) is 7. The van der Waals surface area contributed by atoms with Crippen molar-refractivity contribution in [3.8, 4) is 16.9 Å². The number of nitrogens with one attached hydrogen (secondary N) is 1. The molecule has 0 aliphatic rings. The number of benzene rings is 2. The molecule has 0 bridgehead atoms. The number of carboxylic acids is 1. The highest BCUT2D eigenvalue weighted by atomic mass is 32.2. The van der Waals surface area contributed by atoms with Crippen molar-refractivity contribution in [2.24, 2.45) is 0 Å². The zero-order chi connectivity index (χ0) is 23.8. The first-order chi connectivity index (χ1) is 15.1. The van der Waals surface area contributed by atoms with Crippen molar-refractivity contribution in [1.82, 2.24) is 5.32 Å². The Morgan fingerprint density at radius 2 is 1.84 bits per heavy atom. The van der Waals surface area contributed by atoms with Gasteiger partial charge in [0, 0.05) is 24.3 Å². The fraction of sp³-hybridized carbons (Fsp3) is 0.238. The number of aliphatic carboxylic acids is 1. The largest absolute Gasteiger partial charge is 0.480 e. The SMILES string of the molecule is COC(=O)c1cc(-c2ccc(F)cc2F)ccc1OC(=O)SCC[C@@H](NC(C)=O)C(=O)O. The lowest BCUT2D eigenvalue weighted by Gasteiger charge is -2.13. The highest BCUT2D eigenvalue weighted by Gasteiger charge is 2.21. The summed E-state index contributed by atoms with van der Waals surface area (Å²) in [4.78, 5) is 46.4. The van der Waals surface area contributed by atoms with Gasteiger partial charge in [-0.05, 0) is 48.0 Å². The molecule has 8 nitrogen and oxygen atoms in total. The summed E-state index contributed by atoms with van der Waals surface area (Å²) in [5, 5.41) is 10.5. The number of carbonyl (C=O) groups excluding carboxylic acids is 3. The molecule has 2 N–H and O–H groups in total. The molecule has 0 heterocycles. The second kappa shape index (κ2) is 11.2. The third-order valence-corrected chi connectivity index (χ3v) is 4.88. The van der Waals surface area contributed by atoms with Crippen LogP contribution in [0.5, 0.6) is 5.75 Å². The molecule has 0 fully saturated rings. The molecule has 2 aromatic carbocycles. The first kappa shape index (κ1) is 24.8. The highest BCUT2D eigenvalue weighted by molar-refractivity contribution is 8.13. The molecular weight excluding hydrogens is 448 g/mol. The third kappa shape index (κ3) is 6.77. The highest BCUT2D eigenvalue weighted by Crippen LogP contribution is 2.30. The Balaban J connectivity index is 2.14. The molecule has 0 saturated carbocycles. The van der Waals surface area contributed by atoms with Crippen molar-refractivity contribution >= 4 is 34.9 Å². The average molecular weight is 467 g/mol. The second-order valence-electron chi connectivity index (χ2n) is 6.41. The van der Waals surface area contributed by atoms with Crippen molar-refractivity contribution in [3.05, 3.63) is 53.6 Å². The number of hydrogen-bond donors (Lipinski definition) is 2. The summed E-state index contributed by atoms with van der Waals surface area (Å²) in [6.45, 7) is 1.17. The molecule has 2 aromatic rings. The number of amides is 1. The number of ether oxygens (including phenoxy) is 2. The normalized spacial score (nSPS) is 11.4. The molecule has 0 aliphatic carbocycles. The number of methoxy groups -OCH3 is 1. The van der Waals surface area contributed by atoms with Crippen LogP contribution in [0.4, 0.5) is 13.6 Å². The van der Waals surface area contributed by atoms with Gasteiger partial charge in [-0.3, -0.25) is 4.79 Å². The van der Waals surface area contributed by atoms with Gasteiger partial charge >= 0.3 is 17.2 Å². The zero-order valence-electron chi connectivity index (χ0n) is 17.0. The van der Waals surface area contributed by atoms with Crippen LogP contribution >= 0.6 is 11.8 Å². The summed E-state index contributed by atoms with van der Waals surface area (Å²) in [5.74, 6) is -4.35. The van der Waals surface area contributed by atoms with Crippen LogP contribution in [0, 0.1) is 11.6 Å². The Hall–Kier alpha value is -3.47. The Kier molecular flexibility index (Phi) is 8.71. The molecule has 0 radical (unpaired) electrons. The van der Waals surface area contributed by atoms with Crippen molar-refractivity contribution in [2.45, 2.75) is 19.4 Å². The van der Waals surface area contributed by atoms with E-state index in [2.05, 4.69) is 10.1 Å². The van der Waals surface area contributed by atoms with E-state index in [0.717, 1.165) is 13.2 Å². The predicted octanol–water partition coefficient (Wildman–Crippen LogP) is 3.63. The predicted molar refractivity (Wildman–Crippen MR) is 111 cm³/mol. The minimum atomic E-state index is -1.24. The summed E-state index contributed by atoms with van der Waals surface area (Å²) in [6, 6.07) is 5.69. The van der Waals surface area contributed by atoms with Gasteiger partial charge in [-0.15, -0.1) is 0 Å². The van der Waals surface area contributed by atoms with E-state index in [0.29, 0.717) is 17.8 Å². The van der Waals surface area contributed by atoms with Gasteiger partial charge in [0.05, 0.1) is 7.11 Å². The monoisotopic (exact) mass is 467 g/mol. The Labute approximate surface area is 185 Å². The van der Waals surface area contributed by atoms with E-state index >= 15 is 0 Å². The molecule has 0 aliphatic heterocycles. The topological polar surface area (TPSA) is 119 Å². The summed E-state index contributed by atoms with van der Waals surface area (Å²) in [6.07, 6.45) is -0.0404. The van der Waals surface area contributed by atoms with Gasteiger partial charge in [-0.25, -0.2) is 23.2 Å². The Morgan fingerprint density at radius 3 is 2.44 bits per heavy atom. The van der Waals surface area contributed by atoms with Crippen molar-refractivity contribution in [2.75, 3.05) is 12.9 Å². The zero-order valence-corrected chi connectivity index (χ0v) is 17.8. The van der Waals surface area contributed by atoms with E-state index in [9.17, 15) is 28.0 Å². The molecular formula is C21H19F2NO7S. The van der Waals surface area contributed by atoms with E-state index < -0.39 is 40.8 Å². The van der Waals surface area contributed by atoms with Crippen LogP contribution in [0.1, 0.15) is 23.7 Å². The molecule has 1 amide bonds. The van der Waals surface area contributed by atoms with Crippen LogP contribution in [-0.2, 0) is 14.3 Å². The van der Waals surface area contributed by atoms with Gasteiger partial charge in [0.15, 0.2) is 0 Å². The van der Waals surface area contributed by atoms with Crippen LogP contribution in [0.15, 0.2) is 36.4 Å². The fourth-order valence-corrected chi connectivity index (χ4v) is 3.33. The van der Waals surface area contributed by atoms with Crippen LogP contribution in [-0.4, -0.2) is 47.2 Å². The fourth-order valence-electron chi connectivity index (χ4n) is 2.66. The van der Waals surface area contributed by atoms with Gasteiger partial charge < -0.3 is 19.9 Å². The van der Waals surface area contributed by atoms with Crippen LogP contribution in [0.3, 0.4) is 0 Å². The van der Waals surface area contributed by atoms with Gasteiger partial charge in [0.1, 0.15) is 29.0 Å². The molecule has 170 valence electrons. The van der Waals surface area contributed by atoms with Crippen LogP contribution < -0.4 is 10.1 Å². The smallest absolute Gasteiger partial charge is 0.372 e. The molecule has 2 rings (SSSR count). The number of esters is 1. The lowest BCUT2D eigenvalue weighted by molar-refractivity contribution is -0.141. The van der Waals surface area contributed by atoms with Crippen molar-refractivity contribution < 1.29 is 42.5 Å². The molecule has 32 heavy (non-hydrogen) atoms. The maximum absolute atomic E-state index is 14.1. The summed E-state index contributed by atoms with van der Waals surface area (Å²) in [7, 11) is 1.11. The Morgan fingerprint density at radius 1 is 1.12 bits per heavy atom. The lowest BCUT2D eigenvalue weighted by atomic mass is 10.0. The molecule has 11 heteroatoms. The molecule has 0 saturated heterocycles. The van der Waals surface area contributed by atoms with Gasteiger partial charge in [0.25, 0.3) is 0 Å². The van der Waals surface area contributed by atoms with Crippen molar-refractivity contribution in [1.29, 1.82) is 0 Å². The van der Waals surface area contributed by atoms with Crippen LogP contribution in [0.2, 0.25) is 0 Å². The maximum atomic E-state index is 14.1. The first-order valence-electron chi connectivity index (χ1n) is 9.14. The Bertz CT molecular complexity index is 1040. The molecule has 0 unspecified atom stereocenters. The number of carbonyl (C=O) groups is 4.